The van der Waals surface area contributed by atoms with E-state index in [4.69, 9.17) is 10.5 Å². The first-order chi connectivity index (χ1) is 16.4. The summed E-state index contributed by atoms with van der Waals surface area (Å²) in [7, 11) is 0. The second-order valence-electron chi connectivity index (χ2n) is 9.58. The third-order valence-corrected chi connectivity index (χ3v) is 7.18. The standard InChI is InChI=1S/C26H31N5O3/c1-15-22(30-23-24(27)28-16(2)29-25(23)34-15)20-11-9-19(10-12-20)18-7-5-17(6-8-18)14-31-13-3-4-21(32)26(31)33/h9-12,17-18,21,32H,1,3-8,13-14H2,2H3,(H2,27,28,29)/t17-,18-,21?. The molecule has 34 heavy (non-hydrogen) atoms. The molecule has 1 saturated carbocycles. The number of carbonyl (C=O) groups excluding carboxylic acids is 1. The average Bonchev–Trinajstić information content (AvgIpc) is 2.82. The summed E-state index contributed by atoms with van der Waals surface area (Å²) in [6.45, 7) is 7.32. The van der Waals surface area contributed by atoms with E-state index in [0.29, 0.717) is 52.9 Å². The summed E-state index contributed by atoms with van der Waals surface area (Å²) in [5.74, 6) is 2.53. The molecule has 1 saturated heterocycles. The molecule has 0 spiro atoms. The van der Waals surface area contributed by atoms with E-state index in [-0.39, 0.29) is 5.91 Å². The Morgan fingerprint density at radius 3 is 2.62 bits per heavy atom. The van der Waals surface area contributed by atoms with Gasteiger partial charge in [0.15, 0.2) is 11.5 Å². The Morgan fingerprint density at radius 2 is 1.88 bits per heavy atom. The van der Waals surface area contributed by atoms with Gasteiger partial charge in [-0.25, -0.2) is 9.98 Å². The number of aliphatic hydroxyl groups excluding tert-OH is 1. The van der Waals surface area contributed by atoms with Gasteiger partial charge in [0.25, 0.3) is 11.8 Å². The summed E-state index contributed by atoms with van der Waals surface area (Å²) in [6.07, 6.45) is 5.08. The van der Waals surface area contributed by atoms with E-state index >= 15 is 0 Å². The van der Waals surface area contributed by atoms with Crippen LogP contribution in [0.4, 0.5) is 11.5 Å². The Hall–Kier alpha value is -3.26. The lowest BCUT2D eigenvalue weighted by Gasteiger charge is -2.36. The number of aromatic nitrogens is 2. The largest absolute Gasteiger partial charge is 0.435 e. The number of aliphatic imine (C=N–C) groups is 1. The van der Waals surface area contributed by atoms with Crippen LogP contribution in [0, 0.1) is 12.8 Å². The number of carbonyl (C=O) groups is 1. The number of rotatable bonds is 4. The number of nitrogen functional groups attached to an aromatic ring is 1. The molecule has 1 aromatic heterocycles. The van der Waals surface area contributed by atoms with Crippen molar-refractivity contribution >= 4 is 23.1 Å². The highest BCUT2D eigenvalue weighted by Crippen LogP contribution is 2.39. The van der Waals surface area contributed by atoms with Crippen LogP contribution in [0.25, 0.3) is 0 Å². The third-order valence-electron chi connectivity index (χ3n) is 7.18. The van der Waals surface area contributed by atoms with Gasteiger partial charge in [-0.05, 0) is 62.8 Å². The van der Waals surface area contributed by atoms with Crippen molar-refractivity contribution in [3.8, 4) is 5.88 Å². The molecule has 1 atom stereocenters. The van der Waals surface area contributed by atoms with Crippen LogP contribution in [0.1, 0.15) is 61.4 Å². The van der Waals surface area contributed by atoms with Crippen molar-refractivity contribution in [1.29, 1.82) is 0 Å². The maximum absolute atomic E-state index is 12.2. The van der Waals surface area contributed by atoms with Crippen LogP contribution < -0.4 is 10.5 Å². The molecule has 3 heterocycles. The maximum Gasteiger partial charge on any atom is 0.251 e. The number of aryl methyl sites for hydroxylation is 1. The molecule has 8 heteroatoms. The summed E-state index contributed by atoms with van der Waals surface area (Å²) in [6, 6.07) is 8.42. The van der Waals surface area contributed by atoms with Gasteiger partial charge < -0.3 is 20.5 Å². The zero-order valence-corrected chi connectivity index (χ0v) is 19.5. The third kappa shape index (κ3) is 4.42. The van der Waals surface area contributed by atoms with Crippen LogP contribution in [-0.4, -0.2) is 50.8 Å². The van der Waals surface area contributed by atoms with E-state index in [9.17, 15) is 9.90 Å². The van der Waals surface area contributed by atoms with Gasteiger partial charge in [-0.15, -0.1) is 0 Å². The molecule has 2 aliphatic heterocycles. The minimum atomic E-state index is -0.805. The first-order valence-corrected chi connectivity index (χ1v) is 12.1. The number of aliphatic hydroxyl groups is 1. The van der Waals surface area contributed by atoms with E-state index in [1.165, 1.54) is 5.56 Å². The number of allylic oxidation sites excluding steroid dienone is 1. The van der Waals surface area contributed by atoms with Crippen LogP contribution in [0.5, 0.6) is 5.88 Å². The molecular weight excluding hydrogens is 430 g/mol. The van der Waals surface area contributed by atoms with Crippen molar-refractivity contribution in [2.75, 3.05) is 18.8 Å². The van der Waals surface area contributed by atoms with Crippen molar-refractivity contribution in [3.63, 3.8) is 0 Å². The normalized spacial score (nSPS) is 24.9. The van der Waals surface area contributed by atoms with Crippen molar-refractivity contribution in [2.45, 2.75) is 57.5 Å². The molecule has 1 aromatic carbocycles. The van der Waals surface area contributed by atoms with Crippen LogP contribution in [0.2, 0.25) is 0 Å². The topological polar surface area (TPSA) is 114 Å². The highest BCUT2D eigenvalue weighted by Gasteiger charge is 2.31. The monoisotopic (exact) mass is 461 g/mol. The average molecular weight is 462 g/mol. The molecule has 2 aromatic rings. The Balaban J connectivity index is 1.23. The lowest BCUT2D eigenvalue weighted by molar-refractivity contribution is -0.144. The molecule has 5 rings (SSSR count). The van der Waals surface area contributed by atoms with Crippen molar-refractivity contribution in [3.05, 3.63) is 53.6 Å². The number of amides is 1. The fourth-order valence-electron chi connectivity index (χ4n) is 5.31. The number of nitrogens with zero attached hydrogens (tertiary/aromatic N) is 4. The minimum absolute atomic E-state index is 0.0915. The summed E-state index contributed by atoms with van der Waals surface area (Å²) in [4.78, 5) is 27.2. The number of hydrogen-bond acceptors (Lipinski definition) is 7. The zero-order chi connectivity index (χ0) is 23.8. The smallest absolute Gasteiger partial charge is 0.251 e. The summed E-state index contributed by atoms with van der Waals surface area (Å²) >= 11 is 0. The highest BCUT2D eigenvalue weighted by atomic mass is 16.5. The molecular formula is C26H31N5O3. The number of piperidine rings is 1. The lowest BCUT2D eigenvalue weighted by Crippen LogP contribution is -2.46. The number of anilines is 1. The van der Waals surface area contributed by atoms with Gasteiger partial charge in [-0.1, -0.05) is 30.8 Å². The van der Waals surface area contributed by atoms with Crippen molar-refractivity contribution in [2.24, 2.45) is 10.9 Å². The van der Waals surface area contributed by atoms with Crippen LogP contribution in [0.3, 0.4) is 0 Å². The minimum Gasteiger partial charge on any atom is -0.435 e. The number of likely N-dealkylation sites (tertiary alicyclic amines) is 1. The summed E-state index contributed by atoms with van der Waals surface area (Å²) in [5, 5.41) is 9.85. The number of ether oxygens (including phenoxy) is 1. The van der Waals surface area contributed by atoms with Gasteiger partial charge in [-0.3, -0.25) is 4.79 Å². The number of benzene rings is 1. The van der Waals surface area contributed by atoms with Crippen LogP contribution >= 0.6 is 0 Å². The molecule has 2 fully saturated rings. The Labute approximate surface area is 199 Å². The summed E-state index contributed by atoms with van der Waals surface area (Å²) in [5.41, 5.74) is 9.33. The first kappa shape index (κ1) is 22.5. The molecule has 3 N–H and O–H groups in total. The Morgan fingerprint density at radius 1 is 1.15 bits per heavy atom. The van der Waals surface area contributed by atoms with Crippen molar-refractivity contribution < 1.29 is 14.6 Å². The van der Waals surface area contributed by atoms with Gasteiger partial charge in [0.05, 0.1) is 0 Å². The maximum atomic E-state index is 12.2. The molecule has 178 valence electrons. The van der Waals surface area contributed by atoms with E-state index in [1.54, 1.807) is 6.92 Å². The quantitative estimate of drug-likeness (QED) is 0.718. The van der Waals surface area contributed by atoms with E-state index in [2.05, 4.69) is 45.8 Å². The fraction of sp³-hybridized carbons (Fsp3) is 0.462. The molecule has 8 nitrogen and oxygen atoms in total. The first-order valence-electron chi connectivity index (χ1n) is 12.1. The molecule has 3 aliphatic rings. The fourth-order valence-corrected chi connectivity index (χ4v) is 5.31. The van der Waals surface area contributed by atoms with E-state index in [0.717, 1.165) is 50.8 Å². The molecule has 1 amide bonds. The van der Waals surface area contributed by atoms with Gasteiger partial charge in [-0.2, -0.15) is 4.98 Å². The van der Waals surface area contributed by atoms with Crippen LogP contribution in [-0.2, 0) is 4.79 Å². The van der Waals surface area contributed by atoms with Gasteiger partial charge in [0, 0.05) is 18.7 Å². The highest BCUT2D eigenvalue weighted by molar-refractivity contribution is 6.13. The predicted molar refractivity (Wildman–Crippen MR) is 130 cm³/mol. The molecule has 0 bridgehead atoms. The van der Waals surface area contributed by atoms with Crippen LogP contribution in [0.15, 0.2) is 41.6 Å². The predicted octanol–water partition coefficient (Wildman–Crippen LogP) is 3.65. The summed E-state index contributed by atoms with van der Waals surface area (Å²) < 4.78 is 5.80. The van der Waals surface area contributed by atoms with E-state index < -0.39 is 6.10 Å². The number of hydrogen-bond donors (Lipinski definition) is 2. The second-order valence-corrected chi connectivity index (χ2v) is 9.58. The molecule has 1 unspecified atom stereocenters. The van der Waals surface area contributed by atoms with Crippen molar-refractivity contribution in [1.82, 2.24) is 14.9 Å². The lowest BCUT2D eigenvalue weighted by atomic mass is 9.78. The molecule has 0 radical (unpaired) electrons. The Bertz CT molecular complexity index is 1140. The SMILES string of the molecule is C=C1Oc2nc(C)nc(N)c2N=C1c1ccc([C@H]2CC[C@H](CN3CCCC(O)C3=O)CC2)cc1. The Kier molecular flexibility index (Phi) is 6.08. The molecule has 1 aliphatic carbocycles. The number of fused-ring (bicyclic) bond motifs is 1. The van der Waals surface area contributed by atoms with Gasteiger partial charge in [0.2, 0.25) is 0 Å². The van der Waals surface area contributed by atoms with E-state index in [1.807, 2.05) is 4.90 Å². The van der Waals surface area contributed by atoms with Gasteiger partial charge in [0.1, 0.15) is 23.4 Å². The second kappa shape index (κ2) is 9.18. The zero-order valence-electron chi connectivity index (χ0n) is 19.5. The van der Waals surface area contributed by atoms with Gasteiger partial charge >= 0.3 is 0 Å². The number of nitrogens with two attached hydrogens (primary N) is 1.